The molecule has 25 heavy (non-hydrogen) atoms. The Morgan fingerprint density at radius 1 is 0.840 bits per heavy atom. The number of hydrogen-bond acceptors (Lipinski definition) is 5. The Morgan fingerprint density at radius 2 is 1.64 bits per heavy atom. The molecular weight excluding hydrogens is 314 g/mol. The third-order valence-corrected chi connectivity index (χ3v) is 4.72. The van der Waals surface area contributed by atoms with Gasteiger partial charge in [0.15, 0.2) is 0 Å². The van der Waals surface area contributed by atoms with Gasteiger partial charge in [0, 0.05) is 57.3 Å². The molecular formula is C18H23N7. The van der Waals surface area contributed by atoms with E-state index in [9.17, 15) is 0 Å². The first-order chi connectivity index (χ1) is 12.4. The zero-order chi connectivity index (χ0) is 16.9. The molecule has 0 N–H and O–H groups in total. The van der Waals surface area contributed by atoms with E-state index >= 15 is 0 Å². The van der Waals surface area contributed by atoms with Crippen molar-refractivity contribution in [2.75, 3.05) is 32.7 Å². The fourth-order valence-electron chi connectivity index (χ4n) is 3.21. The lowest BCUT2D eigenvalue weighted by atomic mass is 10.1. The Balaban J connectivity index is 1.24. The second-order valence-electron chi connectivity index (χ2n) is 6.41. The van der Waals surface area contributed by atoms with Crippen LogP contribution in [0.2, 0.25) is 0 Å². The minimum Gasteiger partial charge on any atom is -0.306 e. The summed E-state index contributed by atoms with van der Waals surface area (Å²) in [6.07, 6.45) is 8.97. The van der Waals surface area contributed by atoms with Gasteiger partial charge in [-0.2, -0.15) is 5.10 Å². The van der Waals surface area contributed by atoms with Crippen molar-refractivity contribution in [3.05, 3.63) is 61.2 Å². The van der Waals surface area contributed by atoms with Gasteiger partial charge >= 0.3 is 0 Å². The molecule has 0 atom stereocenters. The predicted octanol–water partition coefficient (Wildman–Crippen LogP) is 1.28. The van der Waals surface area contributed by atoms with E-state index in [1.165, 1.54) is 5.56 Å². The molecule has 130 valence electrons. The van der Waals surface area contributed by atoms with Crippen LogP contribution in [0.3, 0.4) is 0 Å². The minimum absolute atomic E-state index is 0.912. The van der Waals surface area contributed by atoms with Crippen molar-refractivity contribution >= 4 is 0 Å². The van der Waals surface area contributed by atoms with Gasteiger partial charge in [0.2, 0.25) is 0 Å². The second kappa shape index (κ2) is 7.58. The third kappa shape index (κ3) is 4.12. The van der Waals surface area contributed by atoms with Crippen molar-refractivity contribution in [1.29, 1.82) is 0 Å². The van der Waals surface area contributed by atoms with Crippen LogP contribution in [0, 0.1) is 0 Å². The molecule has 0 aliphatic carbocycles. The van der Waals surface area contributed by atoms with Gasteiger partial charge in [0.1, 0.15) is 12.7 Å². The molecule has 7 nitrogen and oxygen atoms in total. The molecule has 0 unspecified atom stereocenters. The summed E-state index contributed by atoms with van der Waals surface area (Å²) >= 11 is 0. The van der Waals surface area contributed by atoms with Gasteiger partial charge in [0.25, 0.3) is 0 Å². The molecule has 1 aliphatic rings. The SMILES string of the molecule is c1cn(-c2ccc(CN3CCN(CCn4cncn4)CC3)cc2)cn1. The number of nitrogens with zero attached hydrogens (tertiary/aromatic N) is 7. The van der Waals surface area contributed by atoms with E-state index in [-0.39, 0.29) is 0 Å². The number of rotatable bonds is 6. The molecule has 0 radical (unpaired) electrons. The summed E-state index contributed by atoms with van der Waals surface area (Å²) in [5.41, 5.74) is 2.51. The van der Waals surface area contributed by atoms with Gasteiger partial charge in [-0.25, -0.2) is 9.97 Å². The number of benzene rings is 1. The monoisotopic (exact) mass is 337 g/mol. The molecule has 0 saturated carbocycles. The average Bonchev–Trinajstić information content (AvgIpc) is 3.36. The normalized spacial score (nSPS) is 16.3. The highest BCUT2D eigenvalue weighted by Crippen LogP contribution is 2.12. The fourth-order valence-corrected chi connectivity index (χ4v) is 3.21. The fraction of sp³-hybridized carbons (Fsp3) is 0.389. The average molecular weight is 337 g/mol. The molecule has 3 heterocycles. The quantitative estimate of drug-likeness (QED) is 0.678. The standard InChI is InChI=1S/C18H23N7/c1-3-18(24-6-5-19-15-24)4-2-17(1)13-23-9-7-22(8-10-23)11-12-25-16-20-14-21-25/h1-6,14-16H,7-13H2. The van der Waals surface area contributed by atoms with Gasteiger partial charge in [-0.05, 0) is 17.7 Å². The summed E-state index contributed by atoms with van der Waals surface area (Å²) in [6.45, 7) is 7.42. The van der Waals surface area contributed by atoms with E-state index in [1.807, 2.05) is 21.8 Å². The molecule has 0 spiro atoms. The van der Waals surface area contributed by atoms with E-state index in [0.29, 0.717) is 0 Å². The molecule has 0 amide bonds. The lowest BCUT2D eigenvalue weighted by Gasteiger charge is -2.34. The molecule has 1 aliphatic heterocycles. The van der Waals surface area contributed by atoms with Crippen molar-refractivity contribution in [2.24, 2.45) is 0 Å². The molecule has 0 bridgehead atoms. The van der Waals surface area contributed by atoms with Gasteiger partial charge in [0.05, 0.1) is 12.9 Å². The van der Waals surface area contributed by atoms with Crippen LogP contribution in [0.15, 0.2) is 55.6 Å². The first kappa shape index (κ1) is 16.0. The van der Waals surface area contributed by atoms with Crippen molar-refractivity contribution in [3.8, 4) is 5.69 Å². The Kier molecular flexibility index (Phi) is 4.85. The maximum absolute atomic E-state index is 4.16. The molecule has 7 heteroatoms. The van der Waals surface area contributed by atoms with Crippen LogP contribution < -0.4 is 0 Å². The van der Waals surface area contributed by atoms with Crippen LogP contribution >= 0.6 is 0 Å². The third-order valence-electron chi connectivity index (χ3n) is 4.72. The molecule has 2 aromatic heterocycles. The van der Waals surface area contributed by atoms with Crippen LogP contribution in [-0.2, 0) is 13.1 Å². The first-order valence-electron chi connectivity index (χ1n) is 8.71. The van der Waals surface area contributed by atoms with Gasteiger partial charge in [-0.15, -0.1) is 0 Å². The summed E-state index contributed by atoms with van der Waals surface area (Å²) in [5.74, 6) is 0. The van der Waals surface area contributed by atoms with Crippen molar-refractivity contribution in [3.63, 3.8) is 0 Å². The predicted molar refractivity (Wildman–Crippen MR) is 95.3 cm³/mol. The van der Waals surface area contributed by atoms with E-state index in [2.05, 4.69) is 49.1 Å². The Bertz CT molecular complexity index is 741. The minimum atomic E-state index is 0.912. The van der Waals surface area contributed by atoms with E-state index in [0.717, 1.165) is 51.5 Å². The molecule has 4 rings (SSSR count). The Morgan fingerprint density at radius 3 is 2.32 bits per heavy atom. The van der Waals surface area contributed by atoms with Crippen molar-refractivity contribution in [1.82, 2.24) is 34.1 Å². The highest BCUT2D eigenvalue weighted by Gasteiger charge is 2.16. The smallest absolute Gasteiger partial charge is 0.137 e. The lowest BCUT2D eigenvalue weighted by Crippen LogP contribution is -2.46. The number of hydrogen-bond donors (Lipinski definition) is 0. The molecule has 1 fully saturated rings. The number of imidazole rings is 1. The topological polar surface area (TPSA) is 55.0 Å². The summed E-state index contributed by atoms with van der Waals surface area (Å²) in [4.78, 5) is 13.1. The van der Waals surface area contributed by atoms with E-state index in [1.54, 1.807) is 18.9 Å². The largest absolute Gasteiger partial charge is 0.306 e. The van der Waals surface area contributed by atoms with Crippen LogP contribution in [0.5, 0.6) is 0 Å². The summed E-state index contributed by atoms with van der Waals surface area (Å²) in [5, 5.41) is 4.16. The molecule has 1 aromatic carbocycles. The Labute approximate surface area is 147 Å². The second-order valence-corrected chi connectivity index (χ2v) is 6.41. The van der Waals surface area contributed by atoms with Crippen molar-refractivity contribution in [2.45, 2.75) is 13.1 Å². The van der Waals surface area contributed by atoms with Gasteiger partial charge in [-0.1, -0.05) is 12.1 Å². The van der Waals surface area contributed by atoms with Crippen LogP contribution in [0.4, 0.5) is 0 Å². The Hall–Kier alpha value is -2.51. The number of aromatic nitrogens is 5. The van der Waals surface area contributed by atoms with Gasteiger partial charge < -0.3 is 4.57 Å². The zero-order valence-electron chi connectivity index (χ0n) is 14.3. The van der Waals surface area contributed by atoms with Crippen molar-refractivity contribution < 1.29 is 0 Å². The maximum Gasteiger partial charge on any atom is 0.137 e. The zero-order valence-corrected chi connectivity index (χ0v) is 14.3. The highest BCUT2D eigenvalue weighted by molar-refractivity contribution is 5.34. The van der Waals surface area contributed by atoms with Crippen LogP contribution in [0.25, 0.3) is 5.69 Å². The lowest BCUT2D eigenvalue weighted by molar-refractivity contribution is 0.123. The summed E-state index contributed by atoms with van der Waals surface area (Å²) in [7, 11) is 0. The summed E-state index contributed by atoms with van der Waals surface area (Å²) in [6, 6.07) is 8.75. The molecule has 3 aromatic rings. The van der Waals surface area contributed by atoms with Crippen LogP contribution in [0.1, 0.15) is 5.56 Å². The molecule has 1 saturated heterocycles. The van der Waals surface area contributed by atoms with Gasteiger partial charge in [-0.3, -0.25) is 14.5 Å². The number of piperazine rings is 1. The highest BCUT2D eigenvalue weighted by atomic mass is 15.3. The first-order valence-corrected chi connectivity index (χ1v) is 8.71. The van der Waals surface area contributed by atoms with E-state index in [4.69, 9.17) is 0 Å². The maximum atomic E-state index is 4.16. The van der Waals surface area contributed by atoms with E-state index < -0.39 is 0 Å². The van der Waals surface area contributed by atoms with Crippen LogP contribution in [-0.4, -0.2) is 66.8 Å². The summed E-state index contributed by atoms with van der Waals surface area (Å²) < 4.78 is 3.92.